The first-order chi connectivity index (χ1) is 13.0. The molecule has 0 amide bonds. The monoisotopic (exact) mass is 372 g/mol. The van der Waals surface area contributed by atoms with Crippen molar-refractivity contribution in [3.8, 4) is 11.4 Å². The lowest BCUT2D eigenvalue weighted by atomic mass is 10.2. The molecule has 0 spiro atoms. The standard InChI is InChI=1S/C18H18F2N6O/c1-11(7-12(19)8-21-2)22-17-24-16(14-5-3-4-6-15(14)20)25-18(26-17)23-13-9-27-10-13/h3-8,13H,2,9-10H2,1H3,(H2,22,23,24,25,26)/b11-7+,12-8+. The lowest BCUT2D eigenvalue weighted by molar-refractivity contribution is 0.0208. The Hall–Kier alpha value is -3.20. The summed E-state index contributed by atoms with van der Waals surface area (Å²) in [7, 11) is 0. The summed E-state index contributed by atoms with van der Waals surface area (Å²) in [5.74, 6) is -0.450. The molecule has 0 saturated carbocycles. The molecule has 27 heavy (non-hydrogen) atoms. The summed E-state index contributed by atoms with van der Waals surface area (Å²) in [6.45, 7) is 5.90. The van der Waals surface area contributed by atoms with Crippen LogP contribution in [0.5, 0.6) is 0 Å². The first-order valence-electron chi connectivity index (χ1n) is 8.17. The molecule has 1 saturated heterocycles. The second-order valence-corrected chi connectivity index (χ2v) is 5.81. The fraction of sp³-hybridized carbons (Fsp3) is 0.222. The molecule has 1 aromatic heterocycles. The number of nitrogens with zero attached hydrogens (tertiary/aromatic N) is 4. The van der Waals surface area contributed by atoms with Gasteiger partial charge in [0.1, 0.15) is 11.6 Å². The molecular weight excluding hydrogens is 354 g/mol. The van der Waals surface area contributed by atoms with Crippen molar-refractivity contribution in [2.24, 2.45) is 4.99 Å². The summed E-state index contributed by atoms with van der Waals surface area (Å²) in [4.78, 5) is 16.2. The van der Waals surface area contributed by atoms with Crippen LogP contribution in [0.1, 0.15) is 6.92 Å². The second-order valence-electron chi connectivity index (χ2n) is 5.81. The van der Waals surface area contributed by atoms with Crippen LogP contribution in [0.25, 0.3) is 11.4 Å². The molecule has 1 fully saturated rings. The van der Waals surface area contributed by atoms with E-state index in [1.165, 1.54) is 12.1 Å². The number of anilines is 2. The van der Waals surface area contributed by atoms with Crippen molar-refractivity contribution in [3.63, 3.8) is 0 Å². The Morgan fingerprint density at radius 2 is 2.00 bits per heavy atom. The topological polar surface area (TPSA) is 84.3 Å². The highest BCUT2D eigenvalue weighted by atomic mass is 19.1. The predicted octanol–water partition coefficient (Wildman–Crippen LogP) is 3.32. The molecular formula is C18H18F2N6O. The van der Waals surface area contributed by atoms with E-state index in [-0.39, 0.29) is 29.3 Å². The summed E-state index contributed by atoms with van der Waals surface area (Å²) in [5, 5.41) is 5.98. The van der Waals surface area contributed by atoms with Gasteiger partial charge in [0.2, 0.25) is 11.9 Å². The Kier molecular flexibility index (Phi) is 5.82. The van der Waals surface area contributed by atoms with Crippen molar-refractivity contribution in [1.82, 2.24) is 15.0 Å². The normalized spacial score (nSPS) is 15.2. The highest BCUT2D eigenvalue weighted by molar-refractivity contribution is 5.59. The van der Waals surface area contributed by atoms with Gasteiger partial charge in [-0.25, -0.2) is 8.78 Å². The quantitative estimate of drug-likeness (QED) is 0.573. The molecule has 3 rings (SSSR count). The Labute approximate surface area is 154 Å². The number of ether oxygens (including phenoxy) is 1. The number of rotatable bonds is 7. The van der Waals surface area contributed by atoms with Gasteiger partial charge in [-0.1, -0.05) is 12.1 Å². The van der Waals surface area contributed by atoms with Crippen LogP contribution in [0, 0.1) is 5.82 Å². The van der Waals surface area contributed by atoms with Crippen LogP contribution < -0.4 is 10.6 Å². The van der Waals surface area contributed by atoms with Crippen LogP contribution in [0.15, 0.2) is 53.1 Å². The molecule has 140 valence electrons. The minimum absolute atomic E-state index is 0.0735. The molecule has 7 nitrogen and oxygen atoms in total. The third-order valence-corrected chi connectivity index (χ3v) is 3.60. The summed E-state index contributed by atoms with van der Waals surface area (Å²) < 4.78 is 32.8. The van der Waals surface area contributed by atoms with Gasteiger partial charge in [-0.3, -0.25) is 4.99 Å². The summed E-state index contributed by atoms with van der Waals surface area (Å²) >= 11 is 0. The fourth-order valence-electron chi connectivity index (χ4n) is 2.30. The van der Waals surface area contributed by atoms with E-state index >= 15 is 0 Å². The molecule has 1 aliphatic rings. The van der Waals surface area contributed by atoms with Gasteiger partial charge >= 0.3 is 0 Å². The number of halogens is 2. The number of hydrogen-bond acceptors (Lipinski definition) is 7. The van der Waals surface area contributed by atoms with Gasteiger partial charge in [0.25, 0.3) is 0 Å². The van der Waals surface area contributed by atoms with Gasteiger partial charge in [0.15, 0.2) is 5.82 Å². The zero-order valence-corrected chi connectivity index (χ0v) is 14.6. The second kappa shape index (κ2) is 8.45. The number of allylic oxidation sites excluding steroid dienone is 3. The lowest BCUT2D eigenvalue weighted by Crippen LogP contribution is -2.40. The van der Waals surface area contributed by atoms with Crippen LogP contribution in [0.4, 0.5) is 20.7 Å². The smallest absolute Gasteiger partial charge is 0.232 e. The van der Waals surface area contributed by atoms with E-state index < -0.39 is 11.6 Å². The molecule has 9 heteroatoms. The maximum atomic E-state index is 14.2. The minimum atomic E-state index is -0.580. The van der Waals surface area contributed by atoms with Crippen molar-refractivity contribution in [1.29, 1.82) is 0 Å². The Morgan fingerprint density at radius 1 is 1.26 bits per heavy atom. The van der Waals surface area contributed by atoms with Crippen LogP contribution in [0.3, 0.4) is 0 Å². The van der Waals surface area contributed by atoms with E-state index in [0.29, 0.717) is 18.9 Å². The lowest BCUT2D eigenvalue weighted by Gasteiger charge is -2.26. The zero-order chi connectivity index (χ0) is 19.2. The first-order valence-corrected chi connectivity index (χ1v) is 8.17. The number of nitrogens with one attached hydrogen (secondary N) is 2. The molecule has 2 heterocycles. The van der Waals surface area contributed by atoms with Gasteiger partial charge < -0.3 is 15.4 Å². The Balaban J connectivity index is 1.93. The molecule has 0 radical (unpaired) electrons. The van der Waals surface area contributed by atoms with E-state index in [2.05, 4.69) is 37.3 Å². The minimum Gasteiger partial charge on any atom is -0.377 e. The third kappa shape index (κ3) is 4.91. The third-order valence-electron chi connectivity index (χ3n) is 3.60. The van der Waals surface area contributed by atoms with Crippen molar-refractivity contribution >= 4 is 18.6 Å². The SMILES string of the molecule is C=N/C=C(F)\C=C(/C)Nc1nc(NC2COC2)nc(-c2ccccc2F)n1. The van der Waals surface area contributed by atoms with Gasteiger partial charge in [-0.05, 0) is 31.9 Å². The van der Waals surface area contributed by atoms with Crippen molar-refractivity contribution in [2.45, 2.75) is 13.0 Å². The van der Waals surface area contributed by atoms with Crippen molar-refractivity contribution in [3.05, 3.63) is 53.9 Å². The molecule has 2 aromatic rings. The zero-order valence-electron chi connectivity index (χ0n) is 14.6. The largest absolute Gasteiger partial charge is 0.377 e. The number of benzene rings is 1. The first kappa shape index (κ1) is 18.6. The van der Waals surface area contributed by atoms with Crippen LogP contribution in [0.2, 0.25) is 0 Å². The molecule has 0 atom stereocenters. The summed E-state index contributed by atoms with van der Waals surface area (Å²) in [5.41, 5.74) is 0.662. The maximum Gasteiger partial charge on any atom is 0.232 e. The van der Waals surface area contributed by atoms with E-state index in [4.69, 9.17) is 4.74 Å². The van der Waals surface area contributed by atoms with Gasteiger partial charge in [0.05, 0.1) is 31.0 Å². The van der Waals surface area contributed by atoms with E-state index in [1.807, 2.05) is 0 Å². The van der Waals surface area contributed by atoms with Crippen molar-refractivity contribution in [2.75, 3.05) is 23.8 Å². The van der Waals surface area contributed by atoms with E-state index in [0.717, 1.165) is 6.20 Å². The predicted molar refractivity (Wildman–Crippen MR) is 99.6 cm³/mol. The highest BCUT2D eigenvalue weighted by Crippen LogP contribution is 2.22. The maximum absolute atomic E-state index is 14.2. The number of hydrogen-bond donors (Lipinski definition) is 2. The average Bonchev–Trinajstić information content (AvgIpc) is 2.58. The molecule has 1 aromatic carbocycles. The van der Waals surface area contributed by atoms with Gasteiger partial charge in [-0.15, -0.1) is 0 Å². The van der Waals surface area contributed by atoms with Crippen LogP contribution in [-0.4, -0.2) is 40.9 Å². The number of aromatic nitrogens is 3. The Morgan fingerprint density at radius 3 is 2.67 bits per heavy atom. The van der Waals surface area contributed by atoms with Crippen LogP contribution >= 0.6 is 0 Å². The highest BCUT2D eigenvalue weighted by Gasteiger charge is 2.20. The molecule has 0 bridgehead atoms. The molecule has 0 unspecified atom stereocenters. The summed E-state index contributed by atoms with van der Waals surface area (Å²) in [6.07, 6.45) is 2.20. The molecule has 0 aliphatic carbocycles. The summed E-state index contributed by atoms with van der Waals surface area (Å²) in [6, 6.07) is 6.25. The fourth-order valence-corrected chi connectivity index (χ4v) is 2.30. The average molecular weight is 372 g/mol. The van der Waals surface area contributed by atoms with Crippen molar-refractivity contribution < 1.29 is 13.5 Å². The van der Waals surface area contributed by atoms with Crippen LogP contribution in [-0.2, 0) is 4.74 Å². The van der Waals surface area contributed by atoms with E-state index in [9.17, 15) is 8.78 Å². The molecule has 2 N–H and O–H groups in total. The van der Waals surface area contributed by atoms with Gasteiger partial charge in [0, 0.05) is 5.70 Å². The van der Waals surface area contributed by atoms with E-state index in [1.54, 1.807) is 25.1 Å². The Bertz CT molecular complexity index is 895. The molecule has 1 aliphatic heterocycles. The van der Waals surface area contributed by atoms with Gasteiger partial charge in [-0.2, -0.15) is 15.0 Å². The number of aliphatic imine (C=N–C) groups is 1.